The quantitative estimate of drug-likeness (QED) is 0.176. The van der Waals surface area contributed by atoms with Crippen LogP contribution in [0.25, 0.3) is 10.8 Å². The molecule has 0 radical (unpaired) electrons. The molecule has 0 spiro atoms. The van der Waals surface area contributed by atoms with E-state index in [1.54, 1.807) is 6.07 Å². The molecule has 0 heterocycles. The SMILES string of the molecule is CCCCCCC1CCC(c2ccc3c(F)c(CCc4ccc(OCC(F)(F)F)c(F)c4)ccc3c2)CC1. The molecule has 0 unspecified atom stereocenters. The Bertz CT molecular complexity index is 1190. The molecule has 0 atom stereocenters. The van der Waals surface area contributed by atoms with E-state index in [1.807, 2.05) is 12.1 Å². The fourth-order valence-electron chi connectivity index (χ4n) is 5.70. The molecule has 0 N–H and O–H groups in total. The van der Waals surface area contributed by atoms with Crippen LogP contribution in [-0.4, -0.2) is 12.8 Å². The molecule has 0 aromatic heterocycles. The van der Waals surface area contributed by atoms with Crippen molar-refractivity contribution in [2.45, 2.75) is 89.6 Å². The summed E-state index contributed by atoms with van der Waals surface area (Å²) in [5.41, 5.74) is 2.39. The first-order valence-corrected chi connectivity index (χ1v) is 13.9. The zero-order chi connectivity index (χ0) is 27.1. The van der Waals surface area contributed by atoms with Crippen molar-refractivity contribution in [3.8, 4) is 5.75 Å². The third-order valence-corrected chi connectivity index (χ3v) is 7.91. The maximum atomic E-state index is 15.3. The van der Waals surface area contributed by atoms with E-state index in [1.165, 1.54) is 75.5 Å². The van der Waals surface area contributed by atoms with Crippen LogP contribution in [-0.2, 0) is 12.8 Å². The maximum absolute atomic E-state index is 15.3. The highest BCUT2D eigenvalue weighted by Crippen LogP contribution is 2.39. The van der Waals surface area contributed by atoms with Crippen molar-refractivity contribution >= 4 is 10.8 Å². The van der Waals surface area contributed by atoms with Crippen molar-refractivity contribution in [1.29, 1.82) is 0 Å². The second-order valence-corrected chi connectivity index (χ2v) is 10.8. The summed E-state index contributed by atoms with van der Waals surface area (Å²) in [6.07, 6.45) is 7.77. The number of unbranched alkanes of at least 4 members (excludes halogenated alkanes) is 3. The second kappa shape index (κ2) is 12.9. The largest absolute Gasteiger partial charge is 0.481 e. The van der Waals surface area contributed by atoms with Crippen molar-refractivity contribution in [3.63, 3.8) is 0 Å². The average Bonchev–Trinajstić information content (AvgIpc) is 2.90. The molecule has 3 aromatic rings. The first-order valence-electron chi connectivity index (χ1n) is 13.9. The average molecular weight is 533 g/mol. The molecule has 1 saturated carbocycles. The number of rotatable bonds is 11. The van der Waals surface area contributed by atoms with Crippen LogP contribution >= 0.6 is 0 Å². The molecule has 6 heteroatoms. The van der Waals surface area contributed by atoms with Gasteiger partial charge < -0.3 is 4.74 Å². The molecule has 1 aliphatic rings. The van der Waals surface area contributed by atoms with Crippen LogP contribution in [0.4, 0.5) is 22.0 Å². The van der Waals surface area contributed by atoms with E-state index in [0.717, 1.165) is 17.4 Å². The van der Waals surface area contributed by atoms with Gasteiger partial charge in [0.25, 0.3) is 0 Å². The van der Waals surface area contributed by atoms with E-state index in [4.69, 9.17) is 0 Å². The van der Waals surface area contributed by atoms with E-state index in [9.17, 15) is 17.6 Å². The highest BCUT2D eigenvalue weighted by atomic mass is 19.4. The van der Waals surface area contributed by atoms with Crippen molar-refractivity contribution in [1.82, 2.24) is 0 Å². The maximum Gasteiger partial charge on any atom is 0.422 e. The van der Waals surface area contributed by atoms with E-state index in [-0.39, 0.29) is 5.82 Å². The predicted octanol–water partition coefficient (Wildman–Crippen LogP) is 10.1. The summed E-state index contributed by atoms with van der Waals surface area (Å²) in [6, 6.07) is 13.7. The first-order chi connectivity index (χ1) is 18.2. The molecular formula is C32H37F5O. The number of hydrogen-bond donors (Lipinski definition) is 0. The molecule has 0 bridgehead atoms. The smallest absolute Gasteiger partial charge is 0.422 e. The summed E-state index contributed by atoms with van der Waals surface area (Å²) >= 11 is 0. The van der Waals surface area contributed by atoms with E-state index < -0.39 is 24.3 Å². The molecule has 206 valence electrons. The van der Waals surface area contributed by atoms with Gasteiger partial charge in [0.05, 0.1) is 0 Å². The molecule has 0 amide bonds. The first kappa shape index (κ1) is 28.4. The van der Waals surface area contributed by atoms with Gasteiger partial charge in [-0.2, -0.15) is 13.2 Å². The number of alkyl halides is 3. The monoisotopic (exact) mass is 532 g/mol. The lowest BCUT2D eigenvalue weighted by Crippen LogP contribution is -2.19. The predicted molar refractivity (Wildman–Crippen MR) is 143 cm³/mol. The van der Waals surface area contributed by atoms with Gasteiger partial charge >= 0.3 is 6.18 Å². The summed E-state index contributed by atoms with van der Waals surface area (Å²) in [6.45, 7) is 0.698. The van der Waals surface area contributed by atoms with Gasteiger partial charge in [-0.3, -0.25) is 0 Å². The van der Waals surface area contributed by atoms with Crippen LogP contribution in [0.3, 0.4) is 0 Å². The van der Waals surface area contributed by atoms with Gasteiger partial charge in [0.15, 0.2) is 18.2 Å². The Kier molecular flexibility index (Phi) is 9.67. The lowest BCUT2D eigenvalue weighted by Gasteiger charge is -2.29. The van der Waals surface area contributed by atoms with Gasteiger partial charge in [0.2, 0.25) is 0 Å². The van der Waals surface area contributed by atoms with Crippen LogP contribution in [0.15, 0.2) is 48.5 Å². The molecule has 1 nitrogen and oxygen atoms in total. The molecule has 4 rings (SSSR count). The van der Waals surface area contributed by atoms with Crippen molar-refractivity contribution in [3.05, 3.63) is 76.9 Å². The topological polar surface area (TPSA) is 9.23 Å². The summed E-state index contributed by atoms with van der Waals surface area (Å²) in [5.74, 6) is -0.189. The van der Waals surface area contributed by atoms with Crippen LogP contribution in [0.2, 0.25) is 0 Å². The van der Waals surface area contributed by atoms with Gasteiger partial charge in [-0.1, -0.05) is 75.4 Å². The number of halogens is 5. The standard InChI is InChI=1S/C32H37F5O/c1-2-3-4-5-6-22-7-11-24(12-8-22)26-16-17-28-27(20-26)15-14-25(31(28)34)13-9-23-10-18-30(29(33)19-23)38-21-32(35,36)37/h10,14-20,22,24H,2-9,11-13,21H2,1H3. The molecule has 0 aliphatic heterocycles. The minimum absolute atomic E-state index is 0.268. The molecule has 1 fully saturated rings. The Morgan fingerprint density at radius 1 is 0.842 bits per heavy atom. The van der Waals surface area contributed by atoms with Crippen molar-refractivity contribution in [2.75, 3.05) is 6.61 Å². The fourth-order valence-corrected chi connectivity index (χ4v) is 5.70. The Morgan fingerprint density at radius 3 is 2.34 bits per heavy atom. The van der Waals surface area contributed by atoms with Crippen LogP contribution in [0.5, 0.6) is 5.75 Å². The molecule has 1 aliphatic carbocycles. The number of fused-ring (bicyclic) bond motifs is 1. The molecular weight excluding hydrogens is 495 g/mol. The van der Waals surface area contributed by atoms with Crippen LogP contribution in [0.1, 0.15) is 87.3 Å². The van der Waals surface area contributed by atoms with Crippen molar-refractivity contribution in [2.24, 2.45) is 5.92 Å². The lowest BCUT2D eigenvalue weighted by molar-refractivity contribution is -0.153. The van der Waals surface area contributed by atoms with Gasteiger partial charge in [0, 0.05) is 5.39 Å². The number of benzene rings is 3. The zero-order valence-corrected chi connectivity index (χ0v) is 22.1. The van der Waals surface area contributed by atoms with Crippen LogP contribution < -0.4 is 4.74 Å². The lowest BCUT2D eigenvalue weighted by atomic mass is 9.76. The minimum Gasteiger partial charge on any atom is -0.481 e. The van der Waals surface area contributed by atoms with Gasteiger partial charge in [-0.15, -0.1) is 0 Å². The summed E-state index contributed by atoms with van der Waals surface area (Å²) in [7, 11) is 0. The summed E-state index contributed by atoms with van der Waals surface area (Å²) in [5, 5.41) is 1.47. The minimum atomic E-state index is -4.54. The normalized spacial score (nSPS) is 18.2. The summed E-state index contributed by atoms with van der Waals surface area (Å²) < 4.78 is 70.9. The molecule has 38 heavy (non-hydrogen) atoms. The van der Waals surface area contributed by atoms with E-state index >= 15 is 4.39 Å². The Morgan fingerprint density at radius 2 is 1.63 bits per heavy atom. The van der Waals surface area contributed by atoms with E-state index in [0.29, 0.717) is 35.3 Å². The van der Waals surface area contributed by atoms with Crippen molar-refractivity contribution < 1.29 is 26.7 Å². The molecule has 3 aromatic carbocycles. The Labute approximate surface area is 222 Å². The Hall–Kier alpha value is -2.63. The van der Waals surface area contributed by atoms with Gasteiger partial charge in [0.1, 0.15) is 5.82 Å². The number of aryl methyl sites for hydroxylation is 2. The van der Waals surface area contributed by atoms with Crippen LogP contribution in [0, 0.1) is 17.6 Å². The fraction of sp³-hybridized carbons (Fsp3) is 0.500. The number of hydrogen-bond acceptors (Lipinski definition) is 1. The highest BCUT2D eigenvalue weighted by molar-refractivity contribution is 5.84. The van der Waals surface area contributed by atoms with E-state index in [2.05, 4.69) is 23.8 Å². The van der Waals surface area contributed by atoms with Gasteiger partial charge in [-0.05, 0) is 84.6 Å². The second-order valence-electron chi connectivity index (χ2n) is 10.8. The third kappa shape index (κ3) is 7.70. The van der Waals surface area contributed by atoms with Gasteiger partial charge in [-0.25, -0.2) is 8.78 Å². The summed E-state index contributed by atoms with van der Waals surface area (Å²) in [4.78, 5) is 0. The molecule has 0 saturated heterocycles. The third-order valence-electron chi connectivity index (χ3n) is 7.91. The highest BCUT2D eigenvalue weighted by Gasteiger charge is 2.29. The number of ether oxygens (including phenoxy) is 1. The zero-order valence-electron chi connectivity index (χ0n) is 22.1. The Balaban J connectivity index is 1.35.